The van der Waals surface area contributed by atoms with Crippen LogP contribution in [0.25, 0.3) is 0 Å². The molecule has 1 rings (SSSR count). The van der Waals surface area contributed by atoms with Crippen LogP contribution in [0.5, 0.6) is 5.75 Å². The summed E-state index contributed by atoms with van der Waals surface area (Å²) in [7, 11) is 1.62. The molecule has 0 aliphatic heterocycles. The Labute approximate surface area is 102 Å². The summed E-state index contributed by atoms with van der Waals surface area (Å²) in [4.78, 5) is 11.8. The van der Waals surface area contributed by atoms with E-state index < -0.39 is 0 Å². The molecule has 0 radical (unpaired) electrons. The number of rotatable bonds is 5. The summed E-state index contributed by atoms with van der Waals surface area (Å²) in [6, 6.07) is 5.57. The minimum atomic E-state index is -0.0681. The van der Waals surface area contributed by atoms with E-state index in [0.717, 1.165) is 17.0 Å². The fourth-order valence-corrected chi connectivity index (χ4v) is 1.54. The van der Waals surface area contributed by atoms with Crippen molar-refractivity contribution in [2.75, 3.05) is 19.0 Å². The highest BCUT2D eigenvalue weighted by Gasteiger charge is 2.12. The van der Waals surface area contributed by atoms with E-state index >= 15 is 0 Å². The molecule has 4 nitrogen and oxygen atoms in total. The van der Waals surface area contributed by atoms with Gasteiger partial charge in [0.2, 0.25) is 5.91 Å². The minimum Gasteiger partial charge on any atom is -0.497 e. The van der Waals surface area contributed by atoms with E-state index in [2.05, 4.69) is 5.32 Å². The zero-order valence-electron chi connectivity index (χ0n) is 10.6. The van der Waals surface area contributed by atoms with Crippen molar-refractivity contribution in [3.05, 3.63) is 23.8 Å². The Morgan fingerprint density at radius 3 is 2.76 bits per heavy atom. The smallest absolute Gasteiger partial charge is 0.227 e. The lowest BCUT2D eigenvalue weighted by Crippen LogP contribution is -2.23. The van der Waals surface area contributed by atoms with Gasteiger partial charge in [-0.2, -0.15) is 0 Å². The van der Waals surface area contributed by atoms with Gasteiger partial charge in [0.05, 0.1) is 7.11 Å². The van der Waals surface area contributed by atoms with Crippen molar-refractivity contribution in [1.82, 2.24) is 0 Å². The second kappa shape index (κ2) is 6.25. The molecule has 0 saturated heterocycles. The van der Waals surface area contributed by atoms with Gasteiger partial charge in [-0.05, 0) is 43.7 Å². The summed E-state index contributed by atoms with van der Waals surface area (Å²) in [5.74, 6) is 0.723. The van der Waals surface area contributed by atoms with E-state index in [9.17, 15) is 4.79 Å². The predicted octanol–water partition coefficient (Wildman–Crippen LogP) is 1.93. The van der Waals surface area contributed by atoms with Crippen LogP contribution in [-0.2, 0) is 4.79 Å². The molecule has 1 atom stereocenters. The molecule has 1 aromatic carbocycles. The monoisotopic (exact) mass is 236 g/mol. The zero-order valence-corrected chi connectivity index (χ0v) is 10.6. The van der Waals surface area contributed by atoms with Gasteiger partial charge < -0.3 is 15.8 Å². The predicted molar refractivity (Wildman–Crippen MR) is 69.2 cm³/mol. The lowest BCUT2D eigenvalue weighted by molar-refractivity contribution is -0.119. The molecule has 1 aromatic rings. The fourth-order valence-electron chi connectivity index (χ4n) is 1.54. The van der Waals surface area contributed by atoms with Crippen LogP contribution < -0.4 is 15.8 Å². The van der Waals surface area contributed by atoms with Gasteiger partial charge in [0.1, 0.15) is 5.75 Å². The SMILES string of the molecule is COc1ccc(NC(=O)C(C)CCN)c(C)c1. The number of carbonyl (C=O) groups excluding carboxylic acids is 1. The van der Waals surface area contributed by atoms with Gasteiger partial charge in [0.15, 0.2) is 0 Å². The number of benzene rings is 1. The van der Waals surface area contributed by atoms with Crippen LogP contribution in [0.15, 0.2) is 18.2 Å². The van der Waals surface area contributed by atoms with Crippen LogP contribution in [0.3, 0.4) is 0 Å². The summed E-state index contributed by atoms with van der Waals surface area (Å²) in [6.45, 7) is 4.34. The number of carbonyl (C=O) groups is 1. The standard InChI is InChI=1S/C13H20N2O2/c1-9(6-7-14)13(16)15-12-5-4-11(17-3)8-10(12)2/h4-5,8-9H,6-7,14H2,1-3H3,(H,15,16). The summed E-state index contributed by atoms with van der Waals surface area (Å²) < 4.78 is 5.11. The number of methoxy groups -OCH3 is 1. The second-order valence-electron chi connectivity index (χ2n) is 4.15. The molecule has 0 heterocycles. The molecule has 4 heteroatoms. The molecule has 0 aromatic heterocycles. The lowest BCUT2D eigenvalue weighted by atomic mass is 10.1. The Hall–Kier alpha value is -1.55. The van der Waals surface area contributed by atoms with Crippen molar-refractivity contribution in [3.8, 4) is 5.75 Å². The first-order valence-electron chi connectivity index (χ1n) is 5.74. The van der Waals surface area contributed by atoms with Crippen LogP contribution in [0.1, 0.15) is 18.9 Å². The summed E-state index contributed by atoms with van der Waals surface area (Å²) in [5, 5.41) is 2.90. The molecular weight excluding hydrogens is 216 g/mol. The molecule has 1 unspecified atom stereocenters. The highest BCUT2D eigenvalue weighted by molar-refractivity contribution is 5.93. The molecule has 0 aliphatic carbocycles. The van der Waals surface area contributed by atoms with Gasteiger partial charge in [0, 0.05) is 11.6 Å². The normalized spacial score (nSPS) is 12.0. The Kier molecular flexibility index (Phi) is 4.97. The van der Waals surface area contributed by atoms with Gasteiger partial charge in [-0.3, -0.25) is 4.79 Å². The van der Waals surface area contributed by atoms with Crippen molar-refractivity contribution in [2.45, 2.75) is 20.3 Å². The Bertz CT molecular complexity index is 391. The van der Waals surface area contributed by atoms with Gasteiger partial charge in [0.25, 0.3) is 0 Å². The van der Waals surface area contributed by atoms with Crippen molar-refractivity contribution < 1.29 is 9.53 Å². The Morgan fingerprint density at radius 2 is 2.24 bits per heavy atom. The lowest BCUT2D eigenvalue weighted by Gasteiger charge is -2.13. The number of ether oxygens (including phenoxy) is 1. The Morgan fingerprint density at radius 1 is 1.53 bits per heavy atom. The van der Waals surface area contributed by atoms with Crippen LogP contribution >= 0.6 is 0 Å². The van der Waals surface area contributed by atoms with Crippen molar-refractivity contribution in [2.24, 2.45) is 11.7 Å². The van der Waals surface area contributed by atoms with E-state index in [-0.39, 0.29) is 11.8 Å². The maximum Gasteiger partial charge on any atom is 0.227 e. The third-order valence-electron chi connectivity index (χ3n) is 2.74. The number of anilines is 1. The van der Waals surface area contributed by atoms with E-state index in [1.165, 1.54) is 0 Å². The minimum absolute atomic E-state index is 0.00344. The van der Waals surface area contributed by atoms with Gasteiger partial charge >= 0.3 is 0 Å². The molecule has 0 spiro atoms. The molecule has 17 heavy (non-hydrogen) atoms. The quantitative estimate of drug-likeness (QED) is 0.821. The first-order chi connectivity index (χ1) is 8.08. The summed E-state index contributed by atoms with van der Waals surface area (Å²) in [5.41, 5.74) is 7.23. The number of nitrogens with two attached hydrogens (primary N) is 1. The van der Waals surface area contributed by atoms with Gasteiger partial charge in [-0.15, -0.1) is 0 Å². The highest BCUT2D eigenvalue weighted by atomic mass is 16.5. The fraction of sp³-hybridized carbons (Fsp3) is 0.462. The average molecular weight is 236 g/mol. The molecule has 0 saturated carbocycles. The molecule has 0 bridgehead atoms. The van der Waals surface area contributed by atoms with E-state index in [1.54, 1.807) is 7.11 Å². The maximum absolute atomic E-state index is 11.8. The number of hydrogen-bond donors (Lipinski definition) is 2. The van der Waals surface area contributed by atoms with E-state index in [0.29, 0.717) is 13.0 Å². The van der Waals surface area contributed by atoms with Gasteiger partial charge in [-0.25, -0.2) is 0 Å². The van der Waals surface area contributed by atoms with Crippen molar-refractivity contribution in [1.29, 1.82) is 0 Å². The summed E-state index contributed by atoms with van der Waals surface area (Å²) in [6.07, 6.45) is 0.695. The zero-order chi connectivity index (χ0) is 12.8. The number of amides is 1. The first-order valence-corrected chi connectivity index (χ1v) is 5.74. The van der Waals surface area contributed by atoms with Crippen molar-refractivity contribution in [3.63, 3.8) is 0 Å². The van der Waals surface area contributed by atoms with Gasteiger partial charge in [-0.1, -0.05) is 6.92 Å². The molecule has 3 N–H and O–H groups in total. The Balaban J connectivity index is 2.71. The largest absolute Gasteiger partial charge is 0.497 e. The summed E-state index contributed by atoms with van der Waals surface area (Å²) >= 11 is 0. The van der Waals surface area contributed by atoms with E-state index in [4.69, 9.17) is 10.5 Å². The molecular formula is C13H20N2O2. The first kappa shape index (κ1) is 13.5. The second-order valence-corrected chi connectivity index (χ2v) is 4.15. The molecule has 94 valence electrons. The third-order valence-corrected chi connectivity index (χ3v) is 2.74. The number of hydrogen-bond acceptors (Lipinski definition) is 3. The number of aryl methyl sites for hydroxylation is 1. The molecule has 0 fully saturated rings. The van der Waals surface area contributed by atoms with Crippen LogP contribution in [-0.4, -0.2) is 19.6 Å². The van der Waals surface area contributed by atoms with E-state index in [1.807, 2.05) is 32.0 Å². The van der Waals surface area contributed by atoms with Crippen LogP contribution in [0.2, 0.25) is 0 Å². The maximum atomic E-state index is 11.8. The highest BCUT2D eigenvalue weighted by Crippen LogP contribution is 2.21. The molecule has 0 aliphatic rings. The average Bonchev–Trinajstić information content (AvgIpc) is 2.31. The van der Waals surface area contributed by atoms with Crippen LogP contribution in [0.4, 0.5) is 5.69 Å². The topological polar surface area (TPSA) is 64.3 Å². The number of nitrogens with one attached hydrogen (secondary N) is 1. The van der Waals surface area contributed by atoms with Crippen LogP contribution in [0, 0.1) is 12.8 Å². The van der Waals surface area contributed by atoms with Crippen molar-refractivity contribution >= 4 is 11.6 Å². The third kappa shape index (κ3) is 3.75. The molecule has 1 amide bonds.